The Morgan fingerprint density at radius 2 is 2.40 bits per heavy atom. The fourth-order valence-electron chi connectivity index (χ4n) is 2.06. The second-order valence-corrected chi connectivity index (χ2v) is 4.33. The highest BCUT2D eigenvalue weighted by molar-refractivity contribution is 5.97. The van der Waals surface area contributed by atoms with Crippen LogP contribution in [0.25, 0.3) is 0 Å². The lowest BCUT2D eigenvalue weighted by Crippen LogP contribution is -2.56. The number of carbonyl (C=O) groups is 2. The Hall–Kier alpha value is -2.02. The SMILES string of the molecule is CCNC(=O)C1COCCN1C(=O)c1cccnc1F. The highest BCUT2D eigenvalue weighted by atomic mass is 19.1. The number of nitrogens with zero attached hydrogens (tertiary/aromatic N) is 2. The number of hydrogen-bond donors (Lipinski definition) is 1. The van der Waals surface area contributed by atoms with Crippen LogP contribution >= 0.6 is 0 Å². The smallest absolute Gasteiger partial charge is 0.259 e. The van der Waals surface area contributed by atoms with Crippen LogP contribution < -0.4 is 5.32 Å². The zero-order valence-corrected chi connectivity index (χ0v) is 11.1. The molecule has 2 heterocycles. The van der Waals surface area contributed by atoms with Gasteiger partial charge in [0.05, 0.1) is 18.8 Å². The number of halogens is 1. The average Bonchev–Trinajstić information content (AvgIpc) is 2.47. The molecule has 1 aromatic heterocycles. The van der Waals surface area contributed by atoms with E-state index in [1.807, 2.05) is 0 Å². The Kier molecular flexibility index (Phi) is 4.62. The molecule has 0 radical (unpaired) electrons. The minimum Gasteiger partial charge on any atom is -0.377 e. The van der Waals surface area contributed by atoms with Crippen molar-refractivity contribution in [1.29, 1.82) is 0 Å². The van der Waals surface area contributed by atoms with Crippen molar-refractivity contribution < 1.29 is 18.7 Å². The molecule has 0 aromatic carbocycles. The number of ether oxygens (including phenoxy) is 1. The first-order valence-corrected chi connectivity index (χ1v) is 6.42. The number of nitrogens with one attached hydrogen (secondary N) is 1. The predicted octanol–water partition coefficient (Wildman–Crippen LogP) is 0.198. The van der Waals surface area contributed by atoms with E-state index in [1.54, 1.807) is 6.92 Å². The summed E-state index contributed by atoms with van der Waals surface area (Å²) in [6.45, 7) is 2.92. The number of carbonyl (C=O) groups excluding carboxylic acids is 2. The zero-order valence-electron chi connectivity index (χ0n) is 11.1. The average molecular weight is 281 g/mol. The molecule has 1 aliphatic heterocycles. The molecule has 2 amide bonds. The molecule has 108 valence electrons. The van der Waals surface area contributed by atoms with Crippen LogP contribution in [0.3, 0.4) is 0 Å². The summed E-state index contributed by atoms with van der Waals surface area (Å²) in [6, 6.07) is 2.10. The normalized spacial score (nSPS) is 18.7. The van der Waals surface area contributed by atoms with Gasteiger partial charge in [0, 0.05) is 19.3 Å². The second kappa shape index (κ2) is 6.42. The summed E-state index contributed by atoms with van der Waals surface area (Å²) in [5, 5.41) is 2.64. The lowest BCUT2D eigenvalue weighted by molar-refractivity contribution is -0.130. The van der Waals surface area contributed by atoms with Crippen molar-refractivity contribution in [3.05, 3.63) is 29.8 Å². The third kappa shape index (κ3) is 2.93. The lowest BCUT2D eigenvalue weighted by Gasteiger charge is -2.34. The van der Waals surface area contributed by atoms with Gasteiger partial charge in [-0.05, 0) is 19.1 Å². The largest absolute Gasteiger partial charge is 0.377 e. The van der Waals surface area contributed by atoms with Gasteiger partial charge in [0.2, 0.25) is 11.9 Å². The molecule has 1 aliphatic rings. The third-order valence-electron chi connectivity index (χ3n) is 3.03. The van der Waals surface area contributed by atoms with E-state index in [2.05, 4.69) is 10.3 Å². The topological polar surface area (TPSA) is 71.5 Å². The molecular weight excluding hydrogens is 265 g/mol. The maximum Gasteiger partial charge on any atom is 0.259 e. The van der Waals surface area contributed by atoms with Gasteiger partial charge in [-0.2, -0.15) is 4.39 Å². The maximum atomic E-state index is 13.6. The predicted molar refractivity (Wildman–Crippen MR) is 68.5 cm³/mol. The molecule has 7 heteroatoms. The Morgan fingerprint density at radius 3 is 3.10 bits per heavy atom. The molecule has 2 rings (SSSR count). The monoisotopic (exact) mass is 281 g/mol. The fourth-order valence-corrected chi connectivity index (χ4v) is 2.06. The van der Waals surface area contributed by atoms with E-state index >= 15 is 0 Å². The van der Waals surface area contributed by atoms with Gasteiger partial charge in [-0.1, -0.05) is 0 Å². The number of morpholine rings is 1. The summed E-state index contributed by atoms with van der Waals surface area (Å²) in [5.41, 5.74) is -0.135. The molecule has 0 saturated carbocycles. The van der Waals surface area contributed by atoms with Crippen molar-refractivity contribution in [2.45, 2.75) is 13.0 Å². The van der Waals surface area contributed by atoms with Gasteiger partial charge in [0.1, 0.15) is 6.04 Å². The standard InChI is InChI=1S/C13H16FN3O3/c1-2-15-12(18)10-8-20-7-6-17(10)13(19)9-4-3-5-16-11(9)14/h3-5,10H,2,6-8H2,1H3,(H,15,18). The molecule has 1 aromatic rings. The molecule has 20 heavy (non-hydrogen) atoms. The molecule has 1 atom stereocenters. The zero-order chi connectivity index (χ0) is 14.5. The van der Waals surface area contributed by atoms with Gasteiger partial charge in [-0.25, -0.2) is 4.98 Å². The van der Waals surface area contributed by atoms with Crippen molar-refractivity contribution >= 4 is 11.8 Å². The quantitative estimate of drug-likeness (QED) is 0.803. The minimum atomic E-state index is -0.835. The number of likely N-dealkylation sites (N-methyl/N-ethyl adjacent to an activating group) is 1. The molecule has 0 bridgehead atoms. The van der Waals surface area contributed by atoms with Crippen LogP contribution in [-0.2, 0) is 9.53 Å². The van der Waals surface area contributed by atoms with Gasteiger partial charge >= 0.3 is 0 Å². The number of rotatable bonds is 3. The summed E-state index contributed by atoms with van der Waals surface area (Å²) < 4.78 is 18.8. The molecule has 1 unspecified atom stereocenters. The van der Waals surface area contributed by atoms with E-state index in [9.17, 15) is 14.0 Å². The van der Waals surface area contributed by atoms with Gasteiger partial charge in [-0.3, -0.25) is 9.59 Å². The molecule has 1 saturated heterocycles. The summed E-state index contributed by atoms with van der Waals surface area (Å²) in [4.78, 5) is 29.1. The highest BCUT2D eigenvalue weighted by Crippen LogP contribution is 2.14. The van der Waals surface area contributed by atoms with E-state index in [1.165, 1.54) is 23.2 Å². The van der Waals surface area contributed by atoms with Crippen LogP contribution in [0.1, 0.15) is 17.3 Å². The maximum absolute atomic E-state index is 13.6. The Bertz CT molecular complexity index is 509. The van der Waals surface area contributed by atoms with Gasteiger partial charge in [-0.15, -0.1) is 0 Å². The third-order valence-corrected chi connectivity index (χ3v) is 3.03. The van der Waals surface area contributed by atoms with E-state index in [4.69, 9.17) is 4.74 Å². The van der Waals surface area contributed by atoms with E-state index < -0.39 is 17.9 Å². The van der Waals surface area contributed by atoms with Crippen molar-refractivity contribution in [2.75, 3.05) is 26.3 Å². The van der Waals surface area contributed by atoms with Crippen molar-refractivity contribution in [3.63, 3.8) is 0 Å². The fraction of sp³-hybridized carbons (Fsp3) is 0.462. The van der Waals surface area contributed by atoms with Crippen LogP contribution in [0.4, 0.5) is 4.39 Å². The lowest BCUT2D eigenvalue weighted by atomic mass is 10.1. The molecule has 1 N–H and O–H groups in total. The summed E-state index contributed by atoms with van der Waals surface area (Å²) in [6.07, 6.45) is 1.27. The summed E-state index contributed by atoms with van der Waals surface area (Å²) in [7, 11) is 0. The van der Waals surface area contributed by atoms with E-state index in [-0.39, 0.29) is 24.6 Å². The van der Waals surface area contributed by atoms with Gasteiger partial charge < -0.3 is 15.0 Å². The molecule has 6 nitrogen and oxygen atoms in total. The second-order valence-electron chi connectivity index (χ2n) is 4.33. The molecule has 1 fully saturated rings. The van der Waals surface area contributed by atoms with Gasteiger partial charge in [0.25, 0.3) is 5.91 Å². The highest BCUT2D eigenvalue weighted by Gasteiger charge is 2.34. The van der Waals surface area contributed by atoms with Crippen molar-refractivity contribution in [1.82, 2.24) is 15.2 Å². The first-order chi connectivity index (χ1) is 9.65. The van der Waals surface area contributed by atoms with Gasteiger partial charge in [0.15, 0.2) is 0 Å². The number of aromatic nitrogens is 1. The van der Waals surface area contributed by atoms with E-state index in [0.717, 1.165) is 0 Å². The molecular formula is C13H16FN3O3. The Morgan fingerprint density at radius 1 is 1.60 bits per heavy atom. The number of amides is 2. The van der Waals surface area contributed by atoms with Crippen LogP contribution in [0.2, 0.25) is 0 Å². The van der Waals surface area contributed by atoms with Crippen molar-refractivity contribution in [3.8, 4) is 0 Å². The van der Waals surface area contributed by atoms with Crippen LogP contribution in [0.15, 0.2) is 18.3 Å². The Balaban J connectivity index is 2.22. The summed E-state index contributed by atoms with van der Waals surface area (Å²) >= 11 is 0. The van der Waals surface area contributed by atoms with E-state index in [0.29, 0.717) is 13.2 Å². The van der Waals surface area contributed by atoms with Crippen LogP contribution in [0, 0.1) is 5.95 Å². The molecule has 0 spiro atoms. The summed E-state index contributed by atoms with van der Waals surface area (Å²) in [5.74, 6) is -1.68. The minimum absolute atomic E-state index is 0.111. The van der Waals surface area contributed by atoms with Crippen LogP contribution in [0.5, 0.6) is 0 Å². The number of pyridine rings is 1. The molecule has 0 aliphatic carbocycles. The number of hydrogen-bond acceptors (Lipinski definition) is 4. The first-order valence-electron chi connectivity index (χ1n) is 6.42. The Labute approximate surface area is 115 Å². The van der Waals surface area contributed by atoms with Crippen LogP contribution in [-0.4, -0.2) is 54.0 Å². The van der Waals surface area contributed by atoms with Crippen molar-refractivity contribution in [2.24, 2.45) is 0 Å². The first kappa shape index (κ1) is 14.4.